The zero-order valence-electron chi connectivity index (χ0n) is 13.8. The molecule has 0 bridgehead atoms. The fourth-order valence-corrected chi connectivity index (χ4v) is 3.56. The summed E-state index contributed by atoms with van der Waals surface area (Å²) in [4.78, 5) is 17.7. The third-order valence-electron chi connectivity index (χ3n) is 3.96. The SMILES string of the molecule is COc1cccc(/C=c2\sc3nc(-c4ccccc4C)nn3c2=O)c1. The Morgan fingerprint density at radius 2 is 2.00 bits per heavy atom. The van der Waals surface area contributed by atoms with Crippen LogP contribution in [0.4, 0.5) is 0 Å². The first kappa shape index (κ1) is 15.5. The van der Waals surface area contributed by atoms with Crippen molar-refractivity contribution in [3.63, 3.8) is 0 Å². The first-order chi connectivity index (χ1) is 12.2. The molecule has 0 unspecified atom stereocenters. The van der Waals surface area contributed by atoms with Crippen LogP contribution < -0.4 is 14.8 Å². The Balaban J connectivity index is 1.82. The van der Waals surface area contributed by atoms with Gasteiger partial charge in [-0.15, -0.1) is 5.10 Å². The van der Waals surface area contributed by atoms with Crippen LogP contribution >= 0.6 is 11.3 Å². The largest absolute Gasteiger partial charge is 0.497 e. The summed E-state index contributed by atoms with van der Waals surface area (Å²) in [7, 11) is 1.62. The van der Waals surface area contributed by atoms with Gasteiger partial charge < -0.3 is 4.74 Å². The number of fused-ring (bicyclic) bond motifs is 1. The van der Waals surface area contributed by atoms with Crippen molar-refractivity contribution in [2.24, 2.45) is 0 Å². The van der Waals surface area contributed by atoms with Gasteiger partial charge in [-0.1, -0.05) is 47.7 Å². The van der Waals surface area contributed by atoms with Crippen LogP contribution in [0.25, 0.3) is 22.4 Å². The molecule has 4 aromatic rings. The van der Waals surface area contributed by atoms with Gasteiger partial charge >= 0.3 is 0 Å². The first-order valence-electron chi connectivity index (χ1n) is 7.77. The minimum atomic E-state index is -0.157. The molecule has 25 heavy (non-hydrogen) atoms. The van der Waals surface area contributed by atoms with Crippen molar-refractivity contribution in [2.45, 2.75) is 6.92 Å². The average molecular weight is 349 g/mol. The monoisotopic (exact) mass is 349 g/mol. The van der Waals surface area contributed by atoms with Crippen molar-refractivity contribution in [2.75, 3.05) is 7.11 Å². The number of thiazole rings is 1. The van der Waals surface area contributed by atoms with Gasteiger partial charge in [-0.25, -0.2) is 0 Å². The maximum absolute atomic E-state index is 12.6. The lowest BCUT2D eigenvalue weighted by atomic mass is 10.1. The molecule has 0 aliphatic carbocycles. The Labute approximate surface area is 147 Å². The normalized spacial score (nSPS) is 12.0. The van der Waals surface area contributed by atoms with Crippen LogP contribution in [0.1, 0.15) is 11.1 Å². The molecule has 0 amide bonds. The van der Waals surface area contributed by atoms with E-state index >= 15 is 0 Å². The van der Waals surface area contributed by atoms with Gasteiger partial charge in [-0.2, -0.15) is 9.50 Å². The summed E-state index contributed by atoms with van der Waals surface area (Å²) in [6, 6.07) is 15.4. The van der Waals surface area contributed by atoms with Crippen molar-refractivity contribution in [3.05, 3.63) is 74.5 Å². The second kappa shape index (κ2) is 6.14. The van der Waals surface area contributed by atoms with E-state index in [0.717, 1.165) is 22.4 Å². The van der Waals surface area contributed by atoms with Gasteiger partial charge in [0.25, 0.3) is 5.56 Å². The summed E-state index contributed by atoms with van der Waals surface area (Å²) in [5.74, 6) is 1.33. The molecule has 0 aliphatic heterocycles. The molecular formula is C19H15N3O2S. The summed E-state index contributed by atoms with van der Waals surface area (Å²) in [5, 5.41) is 4.40. The van der Waals surface area contributed by atoms with Crippen molar-refractivity contribution in [1.82, 2.24) is 14.6 Å². The van der Waals surface area contributed by atoms with E-state index < -0.39 is 0 Å². The summed E-state index contributed by atoms with van der Waals surface area (Å²) in [5.41, 5.74) is 2.77. The highest BCUT2D eigenvalue weighted by Gasteiger charge is 2.13. The smallest absolute Gasteiger partial charge is 0.291 e. The standard InChI is InChI=1S/C19H15N3O2S/c1-12-6-3-4-9-15(12)17-20-19-22(21-17)18(23)16(25-19)11-13-7-5-8-14(10-13)24-2/h3-11H,1-2H3/b16-11-. The molecule has 0 fully saturated rings. The van der Waals surface area contributed by atoms with Gasteiger partial charge in [0.05, 0.1) is 11.6 Å². The maximum Gasteiger partial charge on any atom is 0.291 e. The molecule has 5 nitrogen and oxygen atoms in total. The van der Waals surface area contributed by atoms with E-state index in [2.05, 4.69) is 10.1 Å². The van der Waals surface area contributed by atoms with E-state index in [1.165, 1.54) is 15.9 Å². The number of aromatic nitrogens is 3. The molecule has 0 spiro atoms. The van der Waals surface area contributed by atoms with E-state index in [-0.39, 0.29) is 5.56 Å². The molecule has 0 atom stereocenters. The fraction of sp³-hybridized carbons (Fsp3) is 0.105. The fourth-order valence-electron chi connectivity index (χ4n) is 2.65. The Kier molecular flexibility index (Phi) is 3.82. The molecule has 4 rings (SSSR count). The minimum absolute atomic E-state index is 0.157. The quantitative estimate of drug-likeness (QED) is 0.571. The topological polar surface area (TPSA) is 56.5 Å². The lowest BCUT2D eigenvalue weighted by Gasteiger charge is -1.99. The van der Waals surface area contributed by atoms with Crippen LogP contribution in [-0.4, -0.2) is 21.7 Å². The Hall–Kier alpha value is -2.99. The highest BCUT2D eigenvalue weighted by atomic mass is 32.1. The molecular weight excluding hydrogens is 334 g/mol. The summed E-state index contributed by atoms with van der Waals surface area (Å²) >= 11 is 1.33. The first-order valence-corrected chi connectivity index (χ1v) is 8.59. The van der Waals surface area contributed by atoms with Gasteiger partial charge in [0, 0.05) is 5.56 Å². The molecule has 0 radical (unpaired) electrons. The minimum Gasteiger partial charge on any atom is -0.497 e. The van der Waals surface area contributed by atoms with E-state index in [1.54, 1.807) is 7.11 Å². The van der Waals surface area contributed by atoms with E-state index in [0.29, 0.717) is 15.3 Å². The molecule has 0 saturated heterocycles. The highest BCUT2D eigenvalue weighted by molar-refractivity contribution is 7.15. The van der Waals surface area contributed by atoms with Crippen molar-refractivity contribution in [1.29, 1.82) is 0 Å². The highest BCUT2D eigenvalue weighted by Crippen LogP contribution is 2.20. The Morgan fingerprint density at radius 3 is 2.76 bits per heavy atom. The van der Waals surface area contributed by atoms with Crippen LogP contribution in [0, 0.1) is 6.92 Å². The maximum atomic E-state index is 12.6. The second-order valence-corrected chi connectivity index (χ2v) is 6.65. The van der Waals surface area contributed by atoms with Gasteiger partial charge in [-0.3, -0.25) is 4.79 Å². The third kappa shape index (κ3) is 2.81. The number of hydrogen-bond acceptors (Lipinski definition) is 5. The Morgan fingerprint density at radius 1 is 1.16 bits per heavy atom. The molecule has 124 valence electrons. The Bertz CT molecular complexity index is 1180. The van der Waals surface area contributed by atoms with Crippen LogP contribution in [0.2, 0.25) is 0 Å². The van der Waals surface area contributed by atoms with Gasteiger partial charge in [0.15, 0.2) is 5.82 Å². The summed E-state index contributed by atoms with van der Waals surface area (Å²) in [6.07, 6.45) is 1.83. The molecule has 0 N–H and O–H groups in total. The lowest BCUT2D eigenvalue weighted by molar-refractivity contribution is 0.414. The third-order valence-corrected chi connectivity index (χ3v) is 4.92. The van der Waals surface area contributed by atoms with Crippen LogP contribution in [-0.2, 0) is 0 Å². The number of nitrogens with zero attached hydrogens (tertiary/aromatic N) is 3. The van der Waals surface area contributed by atoms with Gasteiger partial charge in [0.2, 0.25) is 4.96 Å². The molecule has 6 heteroatoms. The van der Waals surface area contributed by atoms with Crippen LogP contribution in [0.5, 0.6) is 5.75 Å². The van der Waals surface area contributed by atoms with Crippen LogP contribution in [0.3, 0.4) is 0 Å². The lowest BCUT2D eigenvalue weighted by Crippen LogP contribution is -2.23. The zero-order chi connectivity index (χ0) is 17.4. The zero-order valence-corrected chi connectivity index (χ0v) is 14.6. The van der Waals surface area contributed by atoms with E-state index in [9.17, 15) is 4.79 Å². The molecule has 2 aromatic heterocycles. The predicted octanol–water partition coefficient (Wildman–Crippen LogP) is 2.68. The molecule has 2 heterocycles. The number of benzene rings is 2. The molecule has 2 aromatic carbocycles. The number of methoxy groups -OCH3 is 1. The summed E-state index contributed by atoms with van der Waals surface area (Å²) in [6.45, 7) is 2.00. The van der Waals surface area contributed by atoms with Gasteiger partial charge in [0.1, 0.15) is 5.75 Å². The van der Waals surface area contributed by atoms with E-state index in [1.807, 2.05) is 61.5 Å². The van der Waals surface area contributed by atoms with E-state index in [4.69, 9.17) is 4.74 Å². The average Bonchev–Trinajstić information content (AvgIpc) is 3.15. The van der Waals surface area contributed by atoms with Crippen LogP contribution in [0.15, 0.2) is 53.3 Å². The molecule has 0 aliphatic rings. The summed E-state index contributed by atoms with van der Waals surface area (Å²) < 4.78 is 7.19. The van der Waals surface area contributed by atoms with Crippen molar-refractivity contribution < 1.29 is 4.74 Å². The van der Waals surface area contributed by atoms with Crippen molar-refractivity contribution in [3.8, 4) is 17.1 Å². The number of hydrogen-bond donors (Lipinski definition) is 0. The van der Waals surface area contributed by atoms with Gasteiger partial charge in [-0.05, 0) is 36.3 Å². The molecule has 0 saturated carbocycles. The second-order valence-electron chi connectivity index (χ2n) is 5.64. The van der Waals surface area contributed by atoms with Crippen molar-refractivity contribution >= 4 is 22.4 Å². The number of ether oxygens (including phenoxy) is 1. The number of aryl methyl sites for hydroxylation is 1. The number of rotatable bonds is 3. The predicted molar refractivity (Wildman–Crippen MR) is 99.1 cm³/mol.